The minimum Gasteiger partial charge on any atom is -0.508 e. The minimum atomic E-state index is 0.250. The second-order valence-electron chi connectivity index (χ2n) is 6.75. The van der Waals surface area contributed by atoms with Crippen LogP contribution in [-0.4, -0.2) is 49.3 Å². The average Bonchev–Trinajstić information content (AvgIpc) is 3.20. The third-order valence-corrected chi connectivity index (χ3v) is 5.60. The molecule has 0 bridgehead atoms. The van der Waals surface area contributed by atoms with E-state index in [1.54, 1.807) is 37.6 Å². The molecule has 0 spiro atoms. The number of nitrogens with one attached hydrogen (secondary N) is 2. The molecule has 3 rings (SSSR count). The number of aromatic hydroxyl groups is 1. The molecule has 2 heterocycles. The van der Waals surface area contributed by atoms with E-state index < -0.39 is 0 Å². The molecular formula is C20H28N4O2S. The number of aliphatic imine (C=N–C) groups is 1. The Morgan fingerprint density at radius 1 is 1.33 bits per heavy atom. The van der Waals surface area contributed by atoms with Gasteiger partial charge in [0.1, 0.15) is 11.5 Å². The van der Waals surface area contributed by atoms with Crippen LogP contribution in [0.2, 0.25) is 0 Å². The van der Waals surface area contributed by atoms with E-state index in [9.17, 15) is 5.11 Å². The molecule has 0 atom stereocenters. The van der Waals surface area contributed by atoms with E-state index in [1.165, 1.54) is 5.56 Å². The maximum absolute atomic E-state index is 10.0. The summed E-state index contributed by atoms with van der Waals surface area (Å²) in [5.41, 5.74) is 2.19. The molecule has 2 aromatic rings. The predicted octanol–water partition coefficient (Wildman–Crippen LogP) is 2.79. The number of methoxy groups -OCH3 is 1. The van der Waals surface area contributed by atoms with Crippen LogP contribution in [0.4, 0.5) is 0 Å². The van der Waals surface area contributed by atoms with Gasteiger partial charge in [-0.25, -0.2) is 0 Å². The molecule has 0 radical (unpaired) electrons. The van der Waals surface area contributed by atoms with Gasteiger partial charge >= 0.3 is 0 Å². The SMILES string of the molecule is CN=C(NCc1cc(OC)ccc1O)NC1CCN(Cc2ccsc2)CC1. The first-order valence-electron chi connectivity index (χ1n) is 9.24. The van der Waals surface area contributed by atoms with Crippen molar-refractivity contribution in [3.63, 3.8) is 0 Å². The number of nitrogens with zero attached hydrogens (tertiary/aromatic N) is 2. The molecule has 0 saturated carbocycles. The third kappa shape index (κ3) is 5.61. The van der Waals surface area contributed by atoms with Crippen molar-refractivity contribution in [1.29, 1.82) is 0 Å². The summed E-state index contributed by atoms with van der Waals surface area (Å²) in [5.74, 6) is 1.74. The molecule has 7 heteroatoms. The van der Waals surface area contributed by atoms with Gasteiger partial charge < -0.3 is 20.5 Å². The number of piperidine rings is 1. The van der Waals surface area contributed by atoms with Gasteiger partial charge in [0.2, 0.25) is 0 Å². The molecule has 1 aromatic heterocycles. The van der Waals surface area contributed by atoms with E-state index in [1.807, 2.05) is 6.07 Å². The molecule has 27 heavy (non-hydrogen) atoms. The Balaban J connectivity index is 1.45. The molecule has 3 N–H and O–H groups in total. The molecule has 0 amide bonds. The summed E-state index contributed by atoms with van der Waals surface area (Å²) in [6.07, 6.45) is 2.19. The van der Waals surface area contributed by atoms with Crippen molar-refractivity contribution in [3.05, 3.63) is 46.2 Å². The van der Waals surface area contributed by atoms with Crippen molar-refractivity contribution in [1.82, 2.24) is 15.5 Å². The van der Waals surface area contributed by atoms with Gasteiger partial charge in [-0.15, -0.1) is 0 Å². The summed E-state index contributed by atoms with van der Waals surface area (Å²) in [4.78, 5) is 6.82. The van der Waals surface area contributed by atoms with Crippen LogP contribution in [0.25, 0.3) is 0 Å². The molecule has 1 fully saturated rings. The lowest BCUT2D eigenvalue weighted by molar-refractivity contribution is 0.198. The number of phenolic OH excluding ortho intramolecular Hbond substituents is 1. The number of rotatable bonds is 6. The molecule has 1 aliphatic heterocycles. The Hall–Kier alpha value is -2.25. The van der Waals surface area contributed by atoms with Crippen LogP contribution in [-0.2, 0) is 13.1 Å². The van der Waals surface area contributed by atoms with Gasteiger partial charge in [0.15, 0.2) is 5.96 Å². The van der Waals surface area contributed by atoms with Gasteiger partial charge in [0.25, 0.3) is 0 Å². The number of hydrogen-bond acceptors (Lipinski definition) is 5. The summed E-state index contributed by atoms with van der Waals surface area (Å²) in [5, 5.41) is 21.2. The molecule has 146 valence electrons. The first kappa shape index (κ1) is 19.5. The standard InChI is InChI=1S/C20H28N4O2S/c1-21-20(22-12-16-11-18(26-2)3-4-19(16)25)23-17-5-8-24(9-6-17)13-15-7-10-27-14-15/h3-4,7,10-11,14,17,25H,5-6,8-9,12-13H2,1-2H3,(H2,21,22,23). The first-order valence-corrected chi connectivity index (χ1v) is 10.2. The molecule has 1 aliphatic rings. The van der Waals surface area contributed by atoms with Crippen molar-refractivity contribution >= 4 is 17.3 Å². The fraction of sp³-hybridized carbons (Fsp3) is 0.450. The van der Waals surface area contributed by atoms with Gasteiger partial charge in [-0.2, -0.15) is 11.3 Å². The lowest BCUT2D eigenvalue weighted by Crippen LogP contribution is -2.48. The maximum Gasteiger partial charge on any atom is 0.191 e. The van der Waals surface area contributed by atoms with Crippen LogP contribution < -0.4 is 15.4 Å². The molecule has 1 saturated heterocycles. The Bertz CT molecular complexity index is 740. The van der Waals surface area contributed by atoms with Crippen LogP contribution in [0.1, 0.15) is 24.0 Å². The smallest absolute Gasteiger partial charge is 0.191 e. The summed E-state index contributed by atoms with van der Waals surface area (Å²) >= 11 is 1.76. The number of ether oxygens (including phenoxy) is 1. The fourth-order valence-corrected chi connectivity index (χ4v) is 3.93. The number of guanidine groups is 1. The summed E-state index contributed by atoms with van der Waals surface area (Å²) < 4.78 is 5.22. The highest BCUT2D eigenvalue weighted by Gasteiger charge is 2.20. The van der Waals surface area contributed by atoms with Crippen molar-refractivity contribution in [2.24, 2.45) is 4.99 Å². The van der Waals surface area contributed by atoms with Gasteiger partial charge in [0, 0.05) is 44.8 Å². The molecule has 0 unspecified atom stereocenters. The molecule has 6 nitrogen and oxygen atoms in total. The van der Waals surface area contributed by atoms with Gasteiger partial charge in [-0.05, 0) is 53.4 Å². The number of likely N-dealkylation sites (tertiary alicyclic amines) is 1. The van der Waals surface area contributed by atoms with Gasteiger partial charge in [-0.3, -0.25) is 9.89 Å². The number of hydrogen-bond donors (Lipinski definition) is 3. The zero-order valence-corrected chi connectivity index (χ0v) is 16.8. The Kier molecular flexibility index (Phi) is 6.95. The topological polar surface area (TPSA) is 69.1 Å². The monoisotopic (exact) mass is 388 g/mol. The summed E-state index contributed by atoms with van der Waals surface area (Å²) in [6, 6.07) is 7.84. The number of benzene rings is 1. The molecule has 0 aliphatic carbocycles. The highest BCUT2D eigenvalue weighted by atomic mass is 32.1. The van der Waals surface area contributed by atoms with Crippen LogP contribution >= 0.6 is 11.3 Å². The highest BCUT2D eigenvalue weighted by Crippen LogP contribution is 2.22. The lowest BCUT2D eigenvalue weighted by atomic mass is 10.0. The minimum absolute atomic E-state index is 0.250. The van der Waals surface area contributed by atoms with Gasteiger partial charge in [-0.1, -0.05) is 0 Å². The quantitative estimate of drug-likeness (QED) is 0.524. The normalized spacial score (nSPS) is 16.3. The van der Waals surface area contributed by atoms with Crippen LogP contribution in [0.15, 0.2) is 40.0 Å². The second kappa shape index (κ2) is 9.62. The second-order valence-corrected chi connectivity index (χ2v) is 7.53. The summed E-state index contributed by atoms with van der Waals surface area (Å²) in [6.45, 7) is 3.69. The highest BCUT2D eigenvalue weighted by molar-refractivity contribution is 7.07. The fourth-order valence-electron chi connectivity index (χ4n) is 3.27. The van der Waals surface area contributed by atoms with Crippen molar-refractivity contribution < 1.29 is 9.84 Å². The van der Waals surface area contributed by atoms with E-state index in [0.717, 1.165) is 49.7 Å². The van der Waals surface area contributed by atoms with E-state index in [0.29, 0.717) is 12.6 Å². The third-order valence-electron chi connectivity index (χ3n) is 4.87. The van der Waals surface area contributed by atoms with E-state index >= 15 is 0 Å². The number of phenols is 1. The molecule has 1 aromatic carbocycles. The largest absolute Gasteiger partial charge is 0.508 e. The van der Waals surface area contributed by atoms with Crippen molar-refractivity contribution in [2.75, 3.05) is 27.2 Å². The molecular weight excluding hydrogens is 360 g/mol. The summed E-state index contributed by atoms with van der Waals surface area (Å²) in [7, 11) is 3.39. The maximum atomic E-state index is 10.0. The lowest BCUT2D eigenvalue weighted by Gasteiger charge is -2.33. The first-order chi connectivity index (χ1) is 13.2. The van der Waals surface area contributed by atoms with E-state index in [-0.39, 0.29) is 5.75 Å². The van der Waals surface area contributed by atoms with E-state index in [4.69, 9.17) is 4.74 Å². The van der Waals surface area contributed by atoms with E-state index in [2.05, 4.69) is 37.4 Å². The van der Waals surface area contributed by atoms with Gasteiger partial charge in [0.05, 0.1) is 7.11 Å². The zero-order valence-electron chi connectivity index (χ0n) is 15.9. The Labute approximate surface area is 164 Å². The Morgan fingerprint density at radius 2 is 2.15 bits per heavy atom. The van der Waals surface area contributed by atoms with Crippen molar-refractivity contribution in [3.8, 4) is 11.5 Å². The predicted molar refractivity (Wildman–Crippen MR) is 111 cm³/mol. The average molecular weight is 389 g/mol. The Morgan fingerprint density at radius 3 is 2.81 bits per heavy atom. The number of thiophene rings is 1. The zero-order chi connectivity index (χ0) is 19.1. The van der Waals surface area contributed by atoms with Crippen LogP contribution in [0, 0.1) is 0 Å². The van der Waals surface area contributed by atoms with Crippen LogP contribution in [0.3, 0.4) is 0 Å². The van der Waals surface area contributed by atoms with Crippen LogP contribution in [0.5, 0.6) is 11.5 Å². The van der Waals surface area contributed by atoms with Crippen molar-refractivity contribution in [2.45, 2.75) is 32.0 Å².